The molecule has 0 spiro atoms. The van der Waals surface area contributed by atoms with E-state index >= 15 is 0 Å². The standard InChI is InChI=1S/C32H46O3/c1-2-32(15-33,16-34-13-24-9-22-11-26(24)30-20-5-3-18(7-20)28(22)30)17-35-14-25-10-23-12-27(25)31-21-6-4-19(8-21)29(23)31/h3-6,18-31,33H,2,7-17H2,1H3/t18?,19?,20?,21?,22?,23?,24-,25?,26?,27?,28?,29?,30?,31?,32?/m0/s1. The molecule has 0 amide bonds. The molecule has 35 heavy (non-hydrogen) atoms. The number of aliphatic hydroxyl groups excluding tert-OH is 1. The average Bonchev–Trinajstić information content (AvgIpc) is 3.70. The highest BCUT2D eigenvalue weighted by atomic mass is 16.5. The summed E-state index contributed by atoms with van der Waals surface area (Å²) in [5.74, 6) is 12.7. The molecule has 8 bridgehead atoms. The molecule has 1 N–H and O–H groups in total. The van der Waals surface area contributed by atoms with Gasteiger partial charge in [0.25, 0.3) is 0 Å². The highest BCUT2D eigenvalue weighted by molar-refractivity contribution is 5.21. The van der Waals surface area contributed by atoms with Crippen LogP contribution in [0.2, 0.25) is 0 Å². The van der Waals surface area contributed by atoms with E-state index in [4.69, 9.17) is 9.47 Å². The van der Waals surface area contributed by atoms with Gasteiger partial charge in [-0.15, -0.1) is 0 Å². The zero-order valence-electron chi connectivity index (χ0n) is 21.6. The first-order chi connectivity index (χ1) is 17.2. The van der Waals surface area contributed by atoms with Gasteiger partial charge in [0, 0.05) is 18.6 Å². The van der Waals surface area contributed by atoms with Crippen molar-refractivity contribution in [3.8, 4) is 0 Å². The van der Waals surface area contributed by atoms with E-state index in [9.17, 15) is 5.11 Å². The number of hydrogen-bond donors (Lipinski definition) is 1. The molecule has 0 heterocycles. The van der Waals surface area contributed by atoms with Crippen molar-refractivity contribution in [2.45, 2.75) is 51.9 Å². The van der Waals surface area contributed by atoms with Crippen molar-refractivity contribution in [3.63, 3.8) is 0 Å². The van der Waals surface area contributed by atoms with Gasteiger partial charge in [0.2, 0.25) is 0 Å². The van der Waals surface area contributed by atoms with Gasteiger partial charge >= 0.3 is 0 Å². The fourth-order valence-corrected chi connectivity index (χ4v) is 12.0. The summed E-state index contributed by atoms with van der Waals surface area (Å²) in [6, 6.07) is 0. The van der Waals surface area contributed by atoms with Crippen LogP contribution in [-0.2, 0) is 9.47 Å². The van der Waals surface area contributed by atoms with Crippen LogP contribution in [-0.4, -0.2) is 38.1 Å². The summed E-state index contributed by atoms with van der Waals surface area (Å²) in [7, 11) is 0. The summed E-state index contributed by atoms with van der Waals surface area (Å²) >= 11 is 0. The lowest BCUT2D eigenvalue weighted by Crippen LogP contribution is -2.39. The zero-order chi connectivity index (χ0) is 23.3. The van der Waals surface area contributed by atoms with Gasteiger partial charge in [-0.3, -0.25) is 0 Å². The first-order valence-electron chi connectivity index (χ1n) is 15.3. The fourth-order valence-electron chi connectivity index (χ4n) is 12.0. The number of aliphatic hydroxyl groups is 1. The lowest BCUT2D eigenvalue weighted by molar-refractivity contribution is -0.0749. The number of hydrogen-bond acceptors (Lipinski definition) is 3. The second kappa shape index (κ2) is 8.18. The molecule has 6 fully saturated rings. The Kier molecular flexibility index (Phi) is 5.22. The third-order valence-corrected chi connectivity index (χ3v) is 13.4. The zero-order valence-corrected chi connectivity index (χ0v) is 21.6. The molecule has 15 atom stereocenters. The summed E-state index contributed by atoms with van der Waals surface area (Å²) in [6.07, 6.45) is 19.7. The van der Waals surface area contributed by atoms with Gasteiger partial charge in [-0.2, -0.15) is 0 Å². The van der Waals surface area contributed by atoms with E-state index in [2.05, 4.69) is 31.2 Å². The Hall–Kier alpha value is -0.640. The average molecular weight is 479 g/mol. The predicted molar refractivity (Wildman–Crippen MR) is 136 cm³/mol. The van der Waals surface area contributed by atoms with Crippen molar-refractivity contribution in [2.24, 2.45) is 88.3 Å². The van der Waals surface area contributed by atoms with Crippen LogP contribution in [0, 0.1) is 88.3 Å². The maximum absolute atomic E-state index is 10.4. The molecule has 0 aromatic rings. The first kappa shape index (κ1) is 22.4. The molecule has 8 aliphatic carbocycles. The quantitative estimate of drug-likeness (QED) is 0.328. The Bertz CT molecular complexity index is 821. The van der Waals surface area contributed by atoms with Gasteiger partial charge in [0.15, 0.2) is 0 Å². The third-order valence-electron chi connectivity index (χ3n) is 13.4. The molecule has 8 aliphatic rings. The Labute approximate surface area is 212 Å². The Balaban J connectivity index is 0.835. The third kappa shape index (κ3) is 3.19. The predicted octanol–water partition coefficient (Wildman–Crippen LogP) is 5.60. The minimum Gasteiger partial charge on any atom is -0.396 e. The van der Waals surface area contributed by atoms with Crippen LogP contribution in [0.15, 0.2) is 24.3 Å². The first-order valence-corrected chi connectivity index (χ1v) is 15.3. The van der Waals surface area contributed by atoms with E-state index in [-0.39, 0.29) is 12.0 Å². The molecule has 192 valence electrons. The van der Waals surface area contributed by atoms with Gasteiger partial charge < -0.3 is 14.6 Å². The second-order valence-electron chi connectivity index (χ2n) is 14.6. The molecule has 0 radical (unpaired) electrons. The Morgan fingerprint density at radius 1 is 0.657 bits per heavy atom. The van der Waals surface area contributed by atoms with Gasteiger partial charge in [0.1, 0.15) is 0 Å². The van der Waals surface area contributed by atoms with Crippen LogP contribution >= 0.6 is 0 Å². The number of allylic oxidation sites excluding steroid dienone is 4. The summed E-state index contributed by atoms with van der Waals surface area (Å²) in [5, 5.41) is 10.4. The van der Waals surface area contributed by atoms with Crippen LogP contribution < -0.4 is 0 Å². The van der Waals surface area contributed by atoms with Crippen molar-refractivity contribution in [1.29, 1.82) is 0 Å². The van der Waals surface area contributed by atoms with Crippen molar-refractivity contribution in [1.82, 2.24) is 0 Å². The molecule has 3 nitrogen and oxygen atoms in total. The van der Waals surface area contributed by atoms with Crippen LogP contribution in [0.3, 0.4) is 0 Å². The maximum Gasteiger partial charge on any atom is 0.0566 e. The van der Waals surface area contributed by atoms with Crippen LogP contribution in [0.25, 0.3) is 0 Å². The van der Waals surface area contributed by atoms with Gasteiger partial charge in [-0.1, -0.05) is 31.2 Å². The van der Waals surface area contributed by atoms with Crippen LogP contribution in [0.4, 0.5) is 0 Å². The van der Waals surface area contributed by atoms with Crippen molar-refractivity contribution < 1.29 is 14.6 Å². The summed E-state index contributed by atoms with van der Waals surface area (Å²) in [6.45, 7) is 5.50. The van der Waals surface area contributed by atoms with Crippen molar-refractivity contribution in [2.75, 3.05) is 33.0 Å². The summed E-state index contributed by atoms with van der Waals surface area (Å²) < 4.78 is 12.9. The van der Waals surface area contributed by atoms with Crippen LogP contribution in [0.1, 0.15) is 51.9 Å². The monoisotopic (exact) mass is 478 g/mol. The topological polar surface area (TPSA) is 38.7 Å². The number of fused-ring (bicyclic) bond motifs is 18. The summed E-state index contributed by atoms with van der Waals surface area (Å²) in [4.78, 5) is 0. The van der Waals surface area contributed by atoms with Crippen LogP contribution in [0.5, 0.6) is 0 Å². The fraction of sp³-hybridized carbons (Fsp3) is 0.875. The summed E-state index contributed by atoms with van der Waals surface area (Å²) in [5.41, 5.74) is -0.232. The van der Waals surface area contributed by atoms with E-state index < -0.39 is 0 Å². The minimum absolute atomic E-state index is 0.176. The van der Waals surface area contributed by atoms with E-state index in [0.29, 0.717) is 13.2 Å². The molecule has 0 aliphatic heterocycles. The smallest absolute Gasteiger partial charge is 0.0566 e. The SMILES string of the molecule is CCC(CO)(COCC1CC2CC1C1C3C=CC(C3)C21)COC[C@@H]1CC2CC1C1C3C=CC(C3)C21. The molecule has 6 saturated carbocycles. The molecule has 0 saturated heterocycles. The minimum atomic E-state index is -0.232. The largest absolute Gasteiger partial charge is 0.396 e. The molecular formula is C32H46O3. The van der Waals surface area contributed by atoms with Gasteiger partial charge in [-0.25, -0.2) is 0 Å². The molecule has 3 heteroatoms. The van der Waals surface area contributed by atoms with Crippen molar-refractivity contribution in [3.05, 3.63) is 24.3 Å². The second-order valence-corrected chi connectivity index (χ2v) is 14.6. The molecule has 0 aromatic carbocycles. The molecule has 8 rings (SSSR count). The highest BCUT2D eigenvalue weighted by Crippen LogP contribution is 2.68. The maximum atomic E-state index is 10.4. The lowest BCUT2D eigenvalue weighted by atomic mass is 9.69. The molecular weight excluding hydrogens is 432 g/mol. The lowest BCUT2D eigenvalue weighted by Gasteiger charge is -2.38. The highest BCUT2D eigenvalue weighted by Gasteiger charge is 2.62. The number of rotatable bonds is 10. The molecule has 0 aromatic heterocycles. The molecule has 14 unspecified atom stereocenters. The van der Waals surface area contributed by atoms with Gasteiger partial charge in [0.05, 0.1) is 19.8 Å². The van der Waals surface area contributed by atoms with Crippen molar-refractivity contribution >= 4 is 0 Å². The van der Waals surface area contributed by atoms with E-state index in [0.717, 1.165) is 102 Å². The Morgan fingerprint density at radius 2 is 1.11 bits per heavy atom. The van der Waals surface area contributed by atoms with E-state index in [1.165, 1.54) is 38.5 Å². The van der Waals surface area contributed by atoms with Gasteiger partial charge in [-0.05, 0) is 128 Å². The Morgan fingerprint density at radius 3 is 1.54 bits per heavy atom. The van der Waals surface area contributed by atoms with E-state index in [1.807, 2.05) is 0 Å². The number of ether oxygens (including phenoxy) is 2. The van der Waals surface area contributed by atoms with E-state index in [1.54, 1.807) is 0 Å². The normalized spacial score (nSPS) is 54.8.